The lowest BCUT2D eigenvalue weighted by Crippen LogP contribution is -2.48. The molecule has 1 aliphatic rings. The van der Waals surface area contributed by atoms with E-state index in [1.165, 1.54) is 5.56 Å². The molecule has 2 aromatic carbocycles. The lowest BCUT2D eigenvalue weighted by Gasteiger charge is -2.34. The minimum absolute atomic E-state index is 0.248. The highest BCUT2D eigenvalue weighted by Crippen LogP contribution is 2.29. The van der Waals surface area contributed by atoms with Crippen molar-refractivity contribution in [1.82, 2.24) is 29.5 Å². The molecule has 1 saturated heterocycles. The first kappa shape index (κ1) is 25.0. The molecular formula is C27H31ClN6OS. The van der Waals surface area contributed by atoms with Crippen LogP contribution < -0.4 is 0 Å². The minimum Gasteiger partial charge on any atom is -0.340 e. The van der Waals surface area contributed by atoms with Crippen LogP contribution in [0.2, 0.25) is 5.02 Å². The van der Waals surface area contributed by atoms with Crippen molar-refractivity contribution in [2.45, 2.75) is 38.4 Å². The molecule has 2 aromatic heterocycles. The Morgan fingerprint density at radius 3 is 2.69 bits per heavy atom. The van der Waals surface area contributed by atoms with Crippen LogP contribution >= 0.6 is 23.4 Å². The molecule has 0 bridgehead atoms. The maximum Gasteiger partial charge on any atom is 0.222 e. The van der Waals surface area contributed by atoms with Crippen molar-refractivity contribution in [3.63, 3.8) is 0 Å². The fourth-order valence-corrected chi connectivity index (χ4v) is 5.69. The van der Waals surface area contributed by atoms with Crippen LogP contribution in [0.1, 0.15) is 30.9 Å². The molecule has 7 nitrogen and oxygen atoms in total. The van der Waals surface area contributed by atoms with Crippen LogP contribution in [0.15, 0.2) is 47.6 Å². The van der Waals surface area contributed by atoms with Gasteiger partial charge in [-0.1, -0.05) is 54.0 Å². The largest absolute Gasteiger partial charge is 0.340 e. The van der Waals surface area contributed by atoms with E-state index < -0.39 is 0 Å². The molecule has 0 N–H and O–H groups in total. The number of fused-ring (bicyclic) bond motifs is 3. The molecule has 5 rings (SSSR count). The summed E-state index contributed by atoms with van der Waals surface area (Å²) in [6.45, 7) is 9.55. The van der Waals surface area contributed by atoms with Crippen LogP contribution in [-0.4, -0.2) is 73.9 Å². The topological polar surface area (TPSA) is 67.2 Å². The number of piperazine rings is 1. The van der Waals surface area contributed by atoms with Crippen LogP contribution in [0.4, 0.5) is 0 Å². The van der Waals surface area contributed by atoms with Gasteiger partial charge in [-0.05, 0) is 49.7 Å². The highest BCUT2D eigenvalue weighted by atomic mass is 35.5. The summed E-state index contributed by atoms with van der Waals surface area (Å²) in [5.41, 5.74) is 4.98. The first-order valence-corrected chi connectivity index (χ1v) is 13.9. The molecule has 0 spiro atoms. The van der Waals surface area contributed by atoms with Crippen molar-refractivity contribution >= 4 is 51.3 Å². The van der Waals surface area contributed by atoms with E-state index in [0.717, 1.165) is 77.6 Å². The van der Waals surface area contributed by atoms with Crippen LogP contribution in [0.5, 0.6) is 0 Å². The Labute approximate surface area is 220 Å². The molecule has 0 unspecified atom stereocenters. The second-order valence-corrected chi connectivity index (χ2v) is 10.8. The summed E-state index contributed by atoms with van der Waals surface area (Å²) in [6, 6.07) is 14.3. The summed E-state index contributed by atoms with van der Waals surface area (Å²) in [5, 5.41) is 11.4. The third kappa shape index (κ3) is 5.51. The van der Waals surface area contributed by atoms with Gasteiger partial charge in [-0.15, -0.1) is 10.2 Å². The maximum atomic E-state index is 12.6. The number of likely N-dealkylation sites (N-methyl/N-ethyl adjacent to an activating group) is 1. The average molecular weight is 523 g/mol. The van der Waals surface area contributed by atoms with E-state index in [1.54, 1.807) is 11.8 Å². The number of thioether (sulfide) groups is 1. The predicted octanol–water partition coefficient (Wildman–Crippen LogP) is 5.03. The summed E-state index contributed by atoms with van der Waals surface area (Å²) in [5.74, 6) is 1.03. The molecule has 0 aliphatic carbocycles. The van der Waals surface area contributed by atoms with Gasteiger partial charge in [0.2, 0.25) is 11.1 Å². The van der Waals surface area contributed by atoms with Crippen LogP contribution in [-0.2, 0) is 11.3 Å². The lowest BCUT2D eigenvalue weighted by atomic mass is 10.1. The second kappa shape index (κ2) is 11.2. The van der Waals surface area contributed by atoms with Gasteiger partial charge in [-0.3, -0.25) is 4.79 Å². The number of halogens is 1. The Morgan fingerprint density at radius 2 is 1.92 bits per heavy atom. The summed E-state index contributed by atoms with van der Waals surface area (Å²) in [4.78, 5) is 21.9. The third-order valence-electron chi connectivity index (χ3n) is 6.77. The Hall–Kier alpha value is -2.68. The first-order valence-electron chi connectivity index (χ1n) is 12.5. The minimum atomic E-state index is 0.248. The van der Waals surface area contributed by atoms with Gasteiger partial charge in [0, 0.05) is 55.3 Å². The van der Waals surface area contributed by atoms with E-state index in [4.69, 9.17) is 16.6 Å². The molecule has 1 amide bonds. The molecule has 3 heterocycles. The molecule has 1 aliphatic heterocycles. The predicted molar refractivity (Wildman–Crippen MR) is 147 cm³/mol. The monoisotopic (exact) mass is 522 g/mol. The number of nitrogens with zero attached hydrogens (tertiary/aromatic N) is 6. The average Bonchev–Trinajstić information content (AvgIpc) is 3.18. The quantitative estimate of drug-likeness (QED) is 0.239. The zero-order valence-corrected chi connectivity index (χ0v) is 22.4. The number of hydrogen-bond donors (Lipinski definition) is 0. The van der Waals surface area contributed by atoms with Gasteiger partial charge in [-0.25, -0.2) is 4.98 Å². The Bertz CT molecular complexity index is 1380. The molecule has 0 atom stereocenters. The number of rotatable bonds is 8. The van der Waals surface area contributed by atoms with Crippen molar-refractivity contribution < 1.29 is 4.79 Å². The third-order valence-corrected chi connectivity index (χ3v) is 7.93. The number of carbonyl (C=O) groups is 1. The van der Waals surface area contributed by atoms with Gasteiger partial charge < -0.3 is 14.4 Å². The molecule has 188 valence electrons. The molecule has 4 aromatic rings. The van der Waals surface area contributed by atoms with Crippen molar-refractivity contribution in [2.75, 3.05) is 38.5 Å². The number of amides is 1. The second-order valence-electron chi connectivity index (χ2n) is 9.27. The molecule has 9 heteroatoms. The van der Waals surface area contributed by atoms with Crippen LogP contribution in [0, 0.1) is 6.92 Å². The van der Waals surface area contributed by atoms with Gasteiger partial charge in [-0.2, -0.15) is 0 Å². The number of aryl methyl sites for hydroxylation is 1. The molecule has 1 fully saturated rings. The van der Waals surface area contributed by atoms with E-state index in [0.29, 0.717) is 18.1 Å². The fourth-order valence-electron chi connectivity index (χ4n) is 4.75. The lowest BCUT2D eigenvalue weighted by molar-refractivity contribution is -0.132. The van der Waals surface area contributed by atoms with E-state index in [2.05, 4.69) is 57.8 Å². The van der Waals surface area contributed by atoms with Gasteiger partial charge in [0.05, 0.1) is 5.52 Å². The molecule has 0 radical (unpaired) electrons. The van der Waals surface area contributed by atoms with Gasteiger partial charge in [0.1, 0.15) is 5.52 Å². The maximum absolute atomic E-state index is 12.6. The summed E-state index contributed by atoms with van der Waals surface area (Å²) in [6.07, 6.45) is 1.35. The summed E-state index contributed by atoms with van der Waals surface area (Å²) < 4.78 is 2.19. The zero-order valence-electron chi connectivity index (χ0n) is 20.8. The van der Waals surface area contributed by atoms with Gasteiger partial charge in [0.15, 0.2) is 5.65 Å². The number of carbonyl (C=O) groups excluding carboxylic acids is 1. The standard InChI is InChI=1S/C27H31ClN6OS/c1-3-32-11-13-33(14-12-32)24(35)8-5-15-36-27-29-26-25(30-31-27)22-16-19(2)9-10-23(22)34(26)18-20-6-4-7-21(28)17-20/h4,6-7,9-10,16-17H,3,5,8,11-15,18H2,1-2H3. The van der Waals surface area contributed by atoms with E-state index in [1.807, 2.05) is 23.1 Å². The number of aromatic nitrogens is 4. The molecule has 36 heavy (non-hydrogen) atoms. The van der Waals surface area contributed by atoms with E-state index in [9.17, 15) is 4.79 Å². The fraction of sp³-hybridized carbons (Fsp3) is 0.407. The normalized spacial score (nSPS) is 14.7. The Morgan fingerprint density at radius 1 is 1.08 bits per heavy atom. The number of hydrogen-bond acceptors (Lipinski definition) is 6. The van der Waals surface area contributed by atoms with Crippen molar-refractivity contribution in [3.05, 3.63) is 58.6 Å². The highest BCUT2D eigenvalue weighted by Gasteiger charge is 2.20. The summed E-state index contributed by atoms with van der Waals surface area (Å²) >= 11 is 7.80. The van der Waals surface area contributed by atoms with Crippen molar-refractivity contribution in [1.29, 1.82) is 0 Å². The van der Waals surface area contributed by atoms with Crippen molar-refractivity contribution in [2.24, 2.45) is 0 Å². The van der Waals surface area contributed by atoms with Gasteiger partial charge in [0.25, 0.3) is 0 Å². The molecular weight excluding hydrogens is 492 g/mol. The first-order chi connectivity index (χ1) is 17.5. The SMILES string of the molecule is CCN1CCN(C(=O)CCCSc2nnc3c4cc(C)ccc4n(Cc4cccc(Cl)c4)c3n2)CC1. The van der Waals surface area contributed by atoms with Gasteiger partial charge >= 0.3 is 0 Å². The zero-order chi connectivity index (χ0) is 25.1. The van der Waals surface area contributed by atoms with Crippen molar-refractivity contribution in [3.8, 4) is 0 Å². The highest BCUT2D eigenvalue weighted by molar-refractivity contribution is 7.99. The molecule has 0 saturated carbocycles. The Kier molecular flexibility index (Phi) is 7.74. The van der Waals surface area contributed by atoms with Crippen LogP contribution in [0.3, 0.4) is 0 Å². The summed E-state index contributed by atoms with van der Waals surface area (Å²) in [7, 11) is 0. The number of benzene rings is 2. The van der Waals surface area contributed by atoms with E-state index in [-0.39, 0.29) is 5.91 Å². The smallest absolute Gasteiger partial charge is 0.222 e. The van der Waals surface area contributed by atoms with E-state index >= 15 is 0 Å². The Balaban J connectivity index is 1.30. The van der Waals surface area contributed by atoms with Crippen LogP contribution in [0.25, 0.3) is 22.1 Å².